The topological polar surface area (TPSA) is 49.3 Å². The van der Waals surface area contributed by atoms with E-state index >= 15 is 0 Å². The molecule has 0 saturated carbocycles. The lowest BCUT2D eigenvalue weighted by molar-refractivity contribution is 0.0965. The summed E-state index contributed by atoms with van der Waals surface area (Å²) in [6.45, 7) is 0.899. The molecule has 0 aliphatic carbocycles. The fourth-order valence-electron chi connectivity index (χ4n) is 1.86. The average Bonchev–Trinajstić information content (AvgIpc) is 2.61. The molecule has 1 amide bonds. The molecular formula is C12H15NO2. The number of fused-ring (bicyclic) bond motifs is 1. The molecule has 15 heavy (non-hydrogen) atoms. The van der Waals surface area contributed by atoms with Crippen LogP contribution in [0, 0.1) is 0 Å². The minimum Gasteiger partial charge on any atom is -0.396 e. The van der Waals surface area contributed by atoms with E-state index < -0.39 is 0 Å². The summed E-state index contributed by atoms with van der Waals surface area (Å²) in [5, 5.41) is 11.5. The minimum absolute atomic E-state index is 0.0361. The van der Waals surface area contributed by atoms with Crippen molar-refractivity contribution in [3.8, 4) is 0 Å². The Hall–Kier alpha value is -1.35. The Kier molecular flexibility index (Phi) is 3.02. The quantitative estimate of drug-likeness (QED) is 0.727. The highest BCUT2D eigenvalue weighted by molar-refractivity contribution is 5.98. The van der Waals surface area contributed by atoms with Crippen molar-refractivity contribution in [2.24, 2.45) is 0 Å². The zero-order chi connectivity index (χ0) is 10.7. The van der Waals surface area contributed by atoms with Gasteiger partial charge in [-0.25, -0.2) is 0 Å². The molecular weight excluding hydrogens is 190 g/mol. The number of aliphatic hydroxyl groups is 1. The van der Waals surface area contributed by atoms with E-state index in [2.05, 4.69) is 11.4 Å². The van der Waals surface area contributed by atoms with Crippen molar-refractivity contribution in [2.45, 2.75) is 25.8 Å². The van der Waals surface area contributed by atoms with Crippen molar-refractivity contribution in [3.05, 3.63) is 34.9 Å². The molecule has 3 nitrogen and oxygen atoms in total. The van der Waals surface area contributed by atoms with Crippen molar-refractivity contribution < 1.29 is 9.90 Å². The number of benzene rings is 1. The van der Waals surface area contributed by atoms with Crippen LogP contribution in [0.1, 0.15) is 34.3 Å². The molecule has 0 unspecified atom stereocenters. The van der Waals surface area contributed by atoms with Gasteiger partial charge in [0.25, 0.3) is 5.91 Å². The van der Waals surface area contributed by atoms with Crippen LogP contribution in [0.15, 0.2) is 18.2 Å². The Labute approximate surface area is 89.1 Å². The number of hydrogen-bond acceptors (Lipinski definition) is 2. The zero-order valence-electron chi connectivity index (χ0n) is 8.62. The first-order valence-electron chi connectivity index (χ1n) is 5.32. The van der Waals surface area contributed by atoms with Gasteiger partial charge in [0.2, 0.25) is 0 Å². The highest BCUT2D eigenvalue weighted by atomic mass is 16.2. The Balaban J connectivity index is 2.08. The number of nitrogens with one attached hydrogen (secondary N) is 1. The fourth-order valence-corrected chi connectivity index (χ4v) is 1.86. The van der Waals surface area contributed by atoms with Crippen LogP contribution in [-0.4, -0.2) is 17.6 Å². The first-order valence-corrected chi connectivity index (χ1v) is 5.32. The summed E-state index contributed by atoms with van der Waals surface area (Å²) in [6.07, 6.45) is 2.72. The van der Waals surface area contributed by atoms with Crippen molar-refractivity contribution in [1.82, 2.24) is 5.32 Å². The van der Waals surface area contributed by atoms with Crippen LogP contribution in [0.4, 0.5) is 0 Å². The molecule has 1 aromatic carbocycles. The van der Waals surface area contributed by atoms with Crippen LogP contribution in [-0.2, 0) is 13.0 Å². The number of unbranched alkanes of at least 4 members (excludes halogenated alkanes) is 1. The summed E-state index contributed by atoms with van der Waals surface area (Å²) in [6, 6.07) is 6.05. The predicted octanol–water partition coefficient (Wildman–Crippen LogP) is 1.25. The van der Waals surface area contributed by atoms with Crippen molar-refractivity contribution >= 4 is 5.91 Å². The van der Waals surface area contributed by atoms with Gasteiger partial charge in [-0.3, -0.25) is 4.79 Å². The second kappa shape index (κ2) is 4.45. The third-order valence-corrected chi connectivity index (χ3v) is 2.73. The smallest absolute Gasteiger partial charge is 0.251 e. The Morgan fingerprint density at radius 3 is 3.00 bits per heavy atom. The van der Waals surface area contributed by atoms with Gasteiger partial charge in [0.15, 0.2) is 0 Å². The van der Waals surface area contributed by atoms with E-state index in [9.17, 15) is 4.79 Å². The van der Waals surface area contributed by atoms with Crippen LogP contribution in [0.25, 0.3) is 0 Å². The van der Waals surface area contributed by atoms with E-state index in [1.165, 1.54) is 5.56 Å². The van der Waals surface area contributed by atoms with E-state index in [0.717, 1.165) is 30.4 Å². The molecule has 0 saturated heterocycles. The van der Waals surface area contributed by atoms with Crippen LogP contribution in [0.5, 0.6) is 0 Å². The Morgan fingerprint density at radius 1 is 1.33 bits per heavy atom. The molecule has 1 heterocycles. The monoisotopic (exact) mass is 205 g/mol. The molecule has 1 aliphatic heterocycles. The Bertz CT molecular complexity index is 374. The lowest BCUT2D eigenvalue weighted by Gasteiger charge is -2.02. The molecule has 0 spiro atoms. The van der Waals surface area contributed by atoms with E-state index in [4.69, 9.17) is 5.11 Å². The zero-order valence-corrected chi connectivity index (χ0v) is 8.62. The number of aryl methyl sites for hydroxylation is 1. The van der Waals surface area contributed by atoms with Gasteiger partial charge < -0.3 is 10.4 Å². The number of amides is 1. The molecule has 0 atom stereocenters. The molecule has 0 aromatic heterocycles. The molecule has 1 aliphatic rings. The molecule has 80 valence electrons. The minimum atomic E-state index is 0.0361. The molecule has 2 rings (SSSR count). The fraction of sp³-hybridized carbons (Fsp3) is 0.417. The largest absolute Gasteiger partial charge is 0.396 e. The van der Waals surface area contributed by atoms with Gasteiger partial charge in [-0.1, -0.05) is 12.1 Å². The molecule has 2 N–H and O–H groups in total. The average molecular weight is 205 g/mol. The summed E-state index contributed by atoms with van der Waals surface area (Å²) in [7, 11) is 0. The normalized spacial score (nSPS) is 13.8. The number of rotatable bonds is 4. The SMILES string of the molecule is O=C1NCc2ccc(CCCCO)cc21. The lowest BCUT2D eigenvalue weighted by atomic mass is 10.0. The van der Waals surface area contributed by atoms with Crippen molar-refractivity contribution in [2.75, 3.05) is 6.61 Å². The van der Waals surface area contributed by atoms with E-state index in [-0.39, 0.29) is 12.5 Å². The molecule has 0 fully saturated rings. The predicted molar refractivity (Wildman–Crippen MR) is 57.6 cm³/mol. The number of carbonyl (C=O) groups excluding carboxylic acids is 1. The molecule has 0 bridgehead atoms. The molecule has 1 aromatic rings. The Morgan fingerprint density at radius 2 is 2.20 bits per heavy atom. The van der Waals surface area contributed by atoms with Crippen LogP contribution < -0.4 is 5.32 Å². The summed E-state index contributed by atoms with van der Waals surface area (Å²) >= 11 is 0. The summed E-state index contributed by atoms with van der Waals surface area (Å²) < 4.78 is 0. The first kappa shape index (κ1) is 10.2. The van der Waals surface area contributed by atoms with Gasteiger partial charge >= 0.3 is 0 Å². The maximum Gasteiger partial charge on any atom is 0.251 e. The highest BCUT2D eigenvalue weighted by Crippen LogP contribution is 2.18. The molecule has 3 heteroatoms. The van der Waals surface area contributed by atoms with Crippen LogP contribution in [0.3, 0.4) is 0 Å². The van der Waals surface area contributed by atoms with Crippen molar-refractivity contribution in [1.29, 1.82) is 0 Å². The molecule has 0 radical (unpaired) electrons. The summed E-state index contributed by atoms with van der Waals surface area (Å²) in [5.74, 6) is 0.0361. The van der Waals surface area contributed by atoms with E-state index in [1.807, 2.05) is 12.1 Å². The number of aliphatic hydroxyl groups excluding tert-OH is 1. The second-order valence-electron chi connectivity index (χ2n) is 3.85. The number of hydrogen-bond donors (Lipinski definition) is 2. The summed E-state index contributed by atoms with van der Waals surface area (Å²) in [4.78, 5) is 11.4. The van der Waals surface area contributed by atoms with Crippen LogP contribution >= 0.6 is 0 Å². The maximum atomic E-state index is 11.4. The maximum absolute atomic E-state index is 11.4. The van der Waals surface area contributed by atoms with Gasteiger partial charge in [0.05, 0.1) is 0 Å². The van der Waals surface area contributed by atoms with Gasteiger partial charge in [-0.2, -0.15) is 0 Å². The summed E-state index contributed by atoms with van der Waals surface area (Å²) in [5.41, 5.74) is 3.08. The van der Waals surface area contributed by atoms with Crippen molar-refractivity contribution in [3.63, 3.8) is 0 Å². The third kappa shape index (κ3) is 2.18. The standard InChI is InChI=1S/C12H15NO2/c14-6-2-1-3-9-4-5-10-8-13-12(15)11(10)7-9/h4-5,7,14H,1-3,6,8H2,(H,13,15). The van der Waals surface area contributed by atoms with E-state index in [1.54, 1.807) is 0 Å². The first-order chi connectivity index (χ1) is 7.31. The van der Waals surface area contributed by atoms with E-state index in [0.29, 0.717) is 6.54 Å². The lowest BCUT2D eigenvalue weighted by Crippen LogP contribution is -2.12. The van der Waals surface area contributed by atoms with Crippen LogP contribution in [0.2, 0.25) is 0 Å². The van der Waals surface area contributed by atoms with Gasteiger partial charge in [-0.05, 0) is 36.5 Å². The number of carbonyl (C=O) groups is 1. The van der Waals surface area contributed by atoms with Gasteiger partial charge in [0.1, 0.15) is 0 Å². The second-order valence-corrected chi connectivity index (χ2v) is 3.85. The van der Waals surface area contributed by atoms with Gasteiger partial charge in [0, 0.05) is 18.7 Å². The highest BCUT2D eigenvalue weighted by Gasteiger charge is 2.18. The third-order valence-electron chi connectivity index (χ3n) is 2.73. The van der Waals surface area contributed by atoms with Gasteiger partial charge in [-0.15, -0.1) is 0 Å².